The molecule has 4 rings (SSSR count). The van der Waals surface area contributed by atoms with E-state index in [9.17, 15) is 18.0 Å². The first kappa shape index (κ1) is 30.0. The quantitative estimate of drug-likeness (QED) is 0.338. The molecule has 0 unspecified atom stereocenters. The fraction of sp³-hybridized carbons (Fsp3) is 0.633. The standard InChI is InChI=1S/C30H42F3N3O2S/c1-19-26(39-35-29(3,4)5)12-11-23(27(19)30(31,32)33)25-17-24(28(37)34-22-13-15-38-16-14-22)20(2)36(25)18-21-9-7-6-8-10-21/h11-12,17,21-22,35H,6-10,13-16,18H2,1-5H3,(H,34,37). The van der Waals surface area contributed by atoms with Crippen molar-refractivity contribution < 1.29 is 22.7 Å². The first-order chi connectivity index (χ1) is 18.3. The molecule has 1 aliphatic carbocycles. The predicted molar refractivity (Wildman–Crippen MR) is 151 cm³/mol. The molecule has 2 heterocycles. The summed E-state index contributed by atoms with van der Waals surface area (Å²) in [5.41, 5.74) is 1.06. The highest BCUT2D eigenvalue weighted by Crippen LogP contribution is 2.43. The van der Waals surface area contributed by atoms with Gasteiger partial charge in [0.25, 0.3) is 5.91 Å². The molecule has 1 amide bonds. The van der Waals surface area contributed by atoms with E-state index in [1.807, 2.05) is 32.3 Å². The highest BCUT2D eigenvalue weighted by Gasteiger charge is 2.38. The maximum absolute atomic E-state index is 14.7. The zero-order valence-electron chi connectivity index (χ0n) is 23.8. The summed E-state index contributed by atoms with van der Waals surface area (Å²) in [6.07, 6.45) is 2.51. The lowest BCUT2D eigenvalue weighted by Crippen LogP contribution is -2.39. The van der Waals surface area contributed by atoms with Crippen LogP contribution >= 0.6 is 11.9 Å². The second-order valence-electron chi connectivity index (χ2n) is 12.1. The van der Waals surface area contributed by atoms with Gasteiger partial charge in [0.15, 0.2) is 0 Å². The summed E-state index contributed by atoms with van der Waals surface area (Å²) in [7, 11) is 0. The smallest absolute Gasteiger partial charge is 0.381 e. The van der Waals surface area contributed by atoms with Gasteiger partial charge >= 0.3 is 6.18 Å². The summed E-state index contributed by atoms with van der Waals surface area (Å²) in [6.45, 7) is 11.1. The fourth-order valence-corrected chi connectivity index (χ4v) is 6.46. The SMILES string of the molecule is Cc1c(SNC(C)(C)C)ccc(-c2cc(C(=O)NC3CCOCC3)c(C)n2CC2CCCCC2)c1C(F)(F)F. The third-order valence-electron chi connectivity index (χ3n) is 7.78. The van der Waals surface area contributed by atoms with E-state index >= 15 is 0 Å². The first-order valence-electron chi connectivity index (χ1n) is 14.1. The zero-order valence-corrected chi connectivity index (χ0v) is 24.6. The van der Waals surface area contributed by atoms with Crippen LogP contribution < -0.4 is 10.0 Å². The van der Waals surface area contributed by atoms with Crippen molar-refractivity contribution in [2.45, 2.75) is 109 Å². The van der Waals surface area contributed by atoms with E-state index in [-0.39, 0.29) is 28.6 Å². The molecule has 0 atom stereocenters. The predicted octanol–water partition coefficient (Wildman–Crippen LogP) is 7.68. The zero-order chi connectivity index (χ0) is 28.4. The van der Waals surface area contributed by atoms with Crippen LogP contribution in [0.4, 0.5) is 13.2 Å². The van der Waals surface area contributed by atoms with Gasteiger partial charge in [0, 0.05) is 53.2 Å². The number of alkyl halides is 3. The lowest BCUT2D eigenvalue weighted by Gasteiger charge is -2.26. The average Bonchev–Trinajstić information content (AvgIpc) is 3.19. The third-order valence-corrected chi connectivity index (χ3v) is 9.15. The van der Waals surface area contributed by atoms with Crippen LogP contribution in [0.5, 0.6) is 0 Å². The molecular weight excluding hydrogens is 523 g/mol. The van der Waals surface area contributed by atoms with Gasteiger partial charge in [0.2, 0.25) is 0 Å². The van der Waals surface area contributed by atoms with Crippen molar-refractivity contribution in [1.82, 2.24) is 14.6 Å². The molecule has 39 heavy (non-hydrogen) atoms. The minimum Gasteiger partial charge on any atom is -0.381 e. The van der Waals surface area contributed by atoms with Gasteiger partial charge in [-0.2, -0.15) is 13.2 Å². The van der Waals surface area contributed by atoms with Gasteiger partial charge in [0.05, 0.1) is 11.1 Å². The molecule has 0 radical (unpaired) electrons. The fourth-order valence-electron chi connectivity index (χ4n) is 5.66. The molecule has 0 spiro atoms. The number of halogens is 3. The van der Waals surface area contributed by atoms with Crippen molar-refractivity contribution in [2.24, 2.45) is 5.92 Å². The second kappa shape index (κ2) is 12.3. The Balaban J connectivity index is 1.78. The number of aromatic nitrogens is 1. The first-order valence-corrected chi connectivity index (χ1v) is 14.9. The summed E-state index contributed by atoms with van der Waals surface area (Å²) < 4.78 is 54.7. The molecular formula is C30H42F3N3O2S. The summed E-state index contributed by atoms with van der Waals surface area (Å²) in [5.74, 6) is 0.158. The number of nitrogens with one attached hydrogen (secondary N) is 2. The molecule has 2 fully saturated rings. The minimum absolute atomic E-state index is 0.00963. The van der Waals surface area contributed by atoms with E-state index in [1.165, 1.54) is 18.4 Å². The summed E-state index contributed by atoms with van der Waals surface area (Å²) in [5, 5.41) is 3.10. The molecule has 1 saturated heterocycles. The van der Waals surface area contributed by atoms with Gasteiger partial charge in [-0.1, -0.05) is 25.3 Å². The van der Waals surface area contributed by atoms with E-state index in [2.05, 4.69) is 10.0 Å². The van der Waals surface area contributed by atoms with Crippen molar-refractivity contribution in [3.8, 4) is 11.3 Å². The molecule has 1 aliphatic heterocycles. The number of rotatable bonds is 7. The summed E-state index contributed by atoms with van der Waals surface area (Å²) >= 11 is 1.22. The number of hydrogen-bond acceptors (Lipinski definition) is 4. The van der Waals surface area contributed by atoms with Crippen LogP contribution in [0.2, 0.25) is 0 Å². The van der Waals surface area contributed by atoms with Crippen molar-refractivity contribution in [3.05, 3.63) is 40.6 Å². The van der Waals surface area contributed by atoms with Gasteiger partial charge in [0.1, 0.15) is 0 Å². The van der Waals surface area contributed by atoms with Crippen LogP contribution in [0.15, 0.2) is 23.1 Å². The van der Waals surface area contributed by atoms with E-state index in [1.54, 1.807) is 25.1 Å². The van der Waals surface area contributed by atoms with Gasteiger partial charge in [-0.25, -0.2) is 0 Å². The minimum atomic E-state index is -4.55. The Morgan fingerprint density at radius 1 is 1.05 bits per heavy atom. The lowest BCUT2D eigenvalue weighted by molar-refractivity contribution is -0.137. The lowest BCUT2D eigenvalue weighted by atomic mass is 9.89. The second-order valence-corrected chi connectivity index (χ2v) is 12.9. The average molecular weight is 566 g/mol. The molecule has 1 saturated carbocycles. The molecule has 216 valence electrons. The highest BCUT2D eigenvalue weighted by atomic mass is 32.2. The Hall–Kier alpha value is -1.97. The monoisotopic (exact) mass is 565 g/mol. The van der Waals surface area contributed by atoms with Crippen molar-refractivity contribution in [1.29, 1.82) is 0 Å². The molecule has 1 aromatic carbocycles. The van der Waals surface area contributed by atoms with Gasteiger partial charge in [-0.3, -0.25) is 9.52 Å². The Kier molecular flexibility index (Phi) is 9.44. The molecule has 2 aliphatic rings. The van der Waals surface area contributed by atoms with Crippen molar-refractivity contribution in [3.63, 3.8) is 0 Å². The number of amides is 1. The molecule has 2 N–H and O–H groups in total. The van der Waals surface area contributed by atoms with E-state index < -0.39 is 11.7 Å². The third kappa shape index (κ3) is 7.41. The van der Waals surface area contributed by atoms with Crippen LogP contribution in [-0.4, -0.2) is 35.3 Å². The number of carbonyl (C=O) groups excluding carboxylic acids is 1. The van der Waals surface area contributed by atoms with Crippen LogP contribution in [0.1, 0.15) is 92.9 Å². The Bertz CT molecular complexity index is 1160. The maximum Gasteiger partial charge on any atom is 0.417 e. The Labute approximate surface area is 234 Å². The maximum atomic E-state index is 14.7. The topological polar surface area (TPSA) is 55.3 Å². The molecule has 0 bridgehead atoms. The summed E-state index contributed by atoms with van der Waals surface area (Å²) in [4.78, 5) is 13.9. The van der Waals surface area contributed by atoms with Gasteiger partial charge < -0.3 is 14.6 Å². The van der Waals surface area contributed by atoms with E-state index in [4.69, 9.17) is 4.74 Å². The molecule has 1 aromatic heterocycles. The number of benzene rings is 1. The van der Waals surface area contributed by atoms with Crippen LogP contribution in [0, 0.1) is 19.8 Å². The number of nitrogens with zero attached hydrogens (tertiary/aromatic N) is 1. The van der Waals surface area contributed by atoms with Crippen LogP contribution in [-0.2, 0) is 17.5 Å². The summed E-state index contributed by atoms with van der Waals surface area (Å²) in [6, 6.07) is 5.03. The van der Waals surface area contributed by atoms with Crippen LogP contribution in [0.3, 0.4) is 0 Å². The number of hydrogen-bond donors (Lipinski definition) is 2. The molecule has 9 heteroatoms. The normalized spacial score (nSPS) is 17.9. The van der Waals surface area contributed by atoms with Crippen molar-refractivity contribution >= 4 is 17.9 Å². The Morgan fingerprint density at radius 3 is 2.33 bits per heavy atom. The van der Waals surface area contributed by atoms with Gasteiger partial charge in [-0.15, -0.1) is 0 Å². The highest BCUT2D eigenvalue weighted by molar-refractivity contribution is 7.97. The molecule has 5 nitrogen and oxygen atoms in total. The molecule has 2 aromatic rings. The van der Waals surface area contributed by atoms with E-state index in [0.29, 0.717) is 41.8 Å². The van der Waals surface area contributed by atoms with Gasteiger partial charge in [-0.05, 0) is 95.9 Å². The van der Waals surface area contributed by atoms with Crippen LogP contribution in [0.25, 0.3) is 11.3 Å². The number of ether oxygens (including phenoxy) is 1. The number of carbonyl (C=O) groups is 1. The van der Waals surface area contributed by atoms with E-state index in [0.717, 1.165) is 44.2 Å². The largest absolute Gasteiger partial charge is 0.417 e. The van der Waals surface area contributed by atoms with Crippen molar-refractivity contribution in [2.75, 3.05) is 13.2 Å². The Morgan fingerprint density at radius 2 is 1.72 bits per heavy atom.